The van der Waals surface area contributed by atoms with Gasteiger partial charge in [0.05, 0.1) is 15.6 Å². The third-order valence-electron chi connectivity index (χ3n) is 4.41. The van der Waals surface area contributed by atoms with E-state index in [1.165, 1.54) is 7.11 Å². The molecule has 2 rings (SSSR count). The molecule has 0 heterocycles. The number of benzene rings is 2. The SMILES string of the molecule is CON=C(C(=O)N[C@@H](Cc1ccc(NC(=O)c2c(Cl)cccc2Cl)cc1)C(=O)O)C(C)C. The van der Waals surface area contributed by atoms with E-state index in [1.54, 1.807) is 56.3 Å². The second-order valence-electron chi connectivity index (χ2n) is 7.13. The van der Waals surface area contributed by atoms with Crippen molar-refractivity contribution < 1.29 is 24.3 Å². The fourth-order valence-corrected chi connectivity index (χ4v) is 3.38. The lowest BCUT2D eigenvalue weighted by atomic mass is 10.0. The number of hydrogen-bond acceptors (Lipinski definition) is 5. The molecule has 2 aromatic carbocycles. The Morgan fingerprint density at radius 2 is 1.66 bits per heavy atom. The van der Waals surface area contributed by atoms with E-state index in [1.807, 2.05) is 0 Å². The summed E-state index contributed by atoms with van der Waals surface area (Å²) >= 11 is 12.1. The van der Waals surface area contributed by atoms with Crippen LogP contribution >= 0.6 is 23.2 Å². The minimum Gasteiger partial charge on any atom is -0.480 e. The summed E-state index contributed by atoms with van der Waals surface area (Å²) in [4.78, 5) is 41.2. The number of carboxylic acids is 1. The van der Waals surface area contributed by atoms with Crippen LogP contribution in [0.2, 0.25) is 10.0 Å². The molecule has 0 saturated carbocycles. The van der Waals surface area contributed by atoms with Crippen molar-refractivity contribution >= 4 is 52.4 Å². The van der Waals surface area contributed by atoms with Crippen molar-refractivity contribution in [3.05, 3.63) is 63.6 Å². The molecule has 0 aliphatic heterocycles. The van der Waals surface area contributed by atoms with Crippen molar-refractivity contribution in [2.24, 2.45) is 11.1 Å². The Hall–Kier alpha value is -3.10. The fraction of sp³-hybridized carbons (Fsp3) is 0.273. The molecule has 0 saturated heterocycles. The first kappa shape index (κ1) is 25.2. The van der Waals surface area contributed by atoms with Crippen LogP contribution in [0.25, 0.3) is 0 Å². The Labute approximate surface area is 195 Å². The van der Waals surface area contributed by atoms with Crippen LogP contribution in [0.15, 0.2) is 47.6 Å². The Kier molecular flexibility index (Phi) is 9.04. The molecule has 3 N–H and O–H groups in total. The van der Waals surface area contributed by atoms with Gasteiger partial charge < -0.3 is 20.6 Å². The van der Waals surface area contributed by atoms with E-state index in [0.717, 1.165) is 0 Å². The van der Waals surface area contributed by atoms with Gasteiger partial charge in [0.1, 0.15) is 18.9 Å². The summed E-state index contributed by atoms with van der Waals surface area (Å²) < 4.78 is 0. The molecular weight excluding hydrogens is 457 g/mol. The predicted octanol–water partition coefficient (Wildman–Crippen LogP) is 4.02. The number of nitrogens with one attached hydrogen (secondary N) is 2. The molecule has 8 nitrogen and oxygen atoms in total. The van der Waals surface area contributed by atoms with E-state index in [-0.39, 0.29) is 33.7 Å². The van der Waals surface area contributed by atoms with E-state index in [2.05, 4.69) is 20.6 Å². The van der Waals surface area contributed by atoms with Gasteiger partial charge in [0.2, 0.25) is 0 Å². The van der Waals surface area contributed by atoms with Gasteiger partial charge in [0.25, 0.3) is 11.8 Å². The molecule has 0 fully saturated rings. The number of carbonyl (C=O) groups is 3. The summed E-state index contributed by atoms with van der Waals surface area (Å²) in [7, 11) is 1.31. The molecule has 32 heavy (non-hydrogen) atoms. The zero-order valence-corrected chi connectivity index (χ0v) is 19.2. The first-order chi connectivity index (χ1) is 15.1. The maximum Gasteiger partial charge on any atom is 0.326 e. The van der Waals surface area contributed by atoms with Gasteiger partial charge in [-0.25, -0.2) is 4.79 Å². The van der Waals surface area contributed by atoms with Crippen LogP contribution in [0.3, 0.4) is 0 Å². The van der Waals surface area contributed by atoms with Gasteiger partial charge in [-0.1, -0.05) is 60.4 Å². The molecule has 170 valence electrons. The lowest BCUT2D eigenvalue weighted by Crippen LogP contribution is -2.46. The van der Waals surface area contributed by atoms with Crippen LogP contribution < -0.4 is 10.6 Å². The van der Waals surface area contributed by atoms with E-state index in [9.17, 15) is 19.5 Å². The van der Waals surface area contributed by atoms with Crippen LogP contribution in [0, 0.1) is 5.92 Å². The lowest BCUT2D eigenvalue weighted by Gasteiger charge is -2.17. The van der Waals surface area contributed by atoms with Crippen molar-refractivity contribution in [2.75, 3.05) is 12.4 Å². The summed E-state index contributed by atoms with van der Waals surface area (Å²) in [6.45, 7) is 3.49. The van der Waals surface area contributed by atoms with Gasteiger partial charge in [0.15, 0.2) is 0 Å². The van der Waals surface area contributed by atoms with Crippen LogP contribution in [0.5, 0.6) is 0 Å². The maximum absolute atomic E-state index is 12.5. The smallest absolute Gasteiger partial charge is 0.326 e. The van der Waals surface area contributed by atoms with Crippen molar-refractivity contribution in [2.45, 2.75) is 26.3 Å². The monoisotopic (exact) mass is 479 g/mol. The molecular formula is C22H23Cl2N3O5. The molecule has 10 heteroatoms. The Bertz CT molecular complexity index is 1000. The number of amides is 2. The molecule has 0 aliphatic carbocycles. The maximum atomic E-state index is 12.5. The number of rotatable bonds is 9. The van der Waals surface area contributed by atoms with E-state index >= 15 is 0 Å². The highest BCUT2D eigenvalue weighted by Gasteiger charge is 2.25. The fourth-order valence-electron chi connectivity index (χ4n) is 2.81. The lowest BCUT2D eigenvalue weighted by molar-refractivity contribution is -0.141. The number of oxime groups is 1. The highest BCUT2D eigenvalue weighted by Crippen LogP contribution is 2.25. The van der Waals surface area contributed by atoms with Crippen LogP contribution in [-0.2, 0) is 20.8 Å². The largest absolute Gasteiger partial charge is 0.480 e. The first-order valence-electron chi connectivity index (χ1n) is 9.63. The number of halogens is 2. The number of carbonyl (C=O) groups excluding carboxylic acids is 2. The summed E-state index contributed by atoms with van der Waals surface area (Å²) in [6, 6.07) is 10.1. The van der Waals surface area contributed by atoms with Crippen molar-refractivity contribution in [1.82, 2.24) is 5.32 Å². The van der Waals surface area contributed by atoms with Crippen molar-refractivity contribution in [1.29, 1.82) is 0 Å². The third kappa shape index (κ3) is 6.70. The quantitative estimate of drug-likeness (QED) is 0.370. The standard InChI is InChI=1S/C22H23Cl2N3O5/c1-12(2)19(27-32-3)21(29)26-17(22(30)31)11-13-7-9-14(10-8-13)25-20(28)18-15(23)5-4-6-16(18)24/h4-10,12,17H,11H2,1-3H3,(H,25,28)(H,26,29)(H,30,31)/t17-/m0/s1. The molecule has 2 aromatic rings. The normalized spacial score (nSPS) is 12.2. The molecule has 0 aliphatic rings. The first-order valence-corrected chi connectivity index (χ1v) is 10.4. The zero-order valence-electron chi connectivity index (χ0n) is 17.7. The second kappa shape index (κ2) is 11.5. The minimum absolute atomic E-state index is 0.0317. The molecule has 0 unspecified atom stereocenters. The average molecular weight is 480 g/mol. The number of nitrogens with zero attached hydrogens (tertiary/aromatic N) is 1. The number of anilines is 1. The molecule has 2 amide bonds. The van der Waals surface area contributed by atoms with Crippen molar-refractivity contribution in [3.63, 3.8) is 0 Å². The Morgan fingerprint density at radius 1 is 1.06 bits per heavy atom. The third-order valence-corrected chi connectivity index (χ3v) is 5.04. The second-order valence-corrected chi connectivity index (χ2v) is 7.94. The molecule has 0 aromatic heterocycles. The predicted molar refractivity (Wildman–Crippen MR) is 123 cm³/mol. The number of carboxylic acid groups (broad SMARTS) is 1. The number of hydrogen-bond donors (Lipinski definition) is 3. The van der Waals surface area contributed by atoms with Crippen LogP contribution in [0.1, 0.15) is 29.8 Å². The summed E-state index contributed by atoms with van der Waals surface area (Å²) in [5, 5.41) is 18.8. The number of aliphatic carboxylic acids is 1. The molecule has 0 bridgehead atoms. The van der Waals surface area contributed by atoms with E-state index in [0.29, 0.717) is 11.3 Å². The summed E-state index contributed by atoms with van der Waals surface area (Å²) in [5.41, 5.74) is 1.36. The minimum atomic E-state index is -1.19. The van der Waals surface area contributed by atoms with Crippen LogP contribution in [-0.4, -0.2) is 41.8 Å². The molecule has 0 radical (unpaired) electrons. The van der Waals surface area contributed by atoms with E-state index in [4.69, 9.17) is 23.2 Å². The van der Waals surface area contributed by atoms with Crippen LogP contribution in [0.4, 0.5) is 5.69 Å². The molecule has 1 atom stereocenters. The van der Waals surface area contributed by atoms with Gasteiger partial charge in [-0.05, 0) is 29.8 Å². The summed E-state index contributed by atoms with van der Waals surface area (Å²) in [6.07, 6.45) is 0.0317. The topological polar surface area (TPSA) is 117 Å². The van der Waals surface area contributed by atoms with Gasteiger partial charge in [-0.2, -0.15) is 0 Å². The Balaban J connectivity index is 2.09. The zero-order chi connectivity index (χ0) is 23.8. The highest BCUT2D eigenvalue weighted by molar-refractivity contribution is 6.40. The highest BCUT2D eigenvalue weighted by atomic mass is 35.5. The van der Waals surface area contributed by atoms with Gasteiger partial charge in [-0.3, -0.25) is 9.59 Å². The van der Waals surface area contributed by atoms with Gasteiger partial charge in [0, 0.05) is 18.0 Å². The Morgan fingerprint density at radius 3 is 2.16 bits per heavy atom. The molecule has 0 spiro atoms. The average Bonchev–Trinajstić information content (AvgIpc) is 2.72. The van der Waals surface area contributed by atoms with Gasteiger partial charge in [-0.15, -0.1) is 0 Å². The van der Waals surface area contributed by atoms with E-state index < -0.39 is 23.8 Å². The van der Waals surface area contributed by atoms with Gasteiger partial charge >= 0.3 is 5.97 Å². The summed E-state index contributed by atoms with van der Waals surface area (Å²) in [5.74, 6) is -2.53. The van der Waals surface area contributed by atoms with Crippen molar-refractivity contribution in [3.8, 4) is 0 Å².